The average Bonchev–Trinajstić information content (AvgIpc) is 2.05. The molecule has 0 saturated heterocycles. The van der Waals surface area contributed by atoms with Crippen molar-refractivity contribution in [2.75, 3.05) is 18.1 Å². The molecule has 3 N–H and O–H groups in total. The predicted molar refractivity (Wildman–Crippen MR) is 56.7 cm³/mol. The van der Waals surface area contributed by atoms with Crippen molar-refractivity contribution < 1.29 is 0 Å². The van der Waals surface area contributed by atoms with E-state index in [0.29, 0.717) is 10.7 Å². The molecule has 0 bridgehead atoms. The first-order valence-corrected chi connectivity index (χ1v) is 4.13. The SMILES string of the molecule is C[B]c1cc(NC)c(N)cc1Cl. The molecule has 0 aliphatic heterocycles. The number of anilines is 2. The summed E-state index contributed by atoms with van der Waals surface area (Å²) in [7, 11) is 3.78. The summed E-state index contributed by atoms with van der Waals surface area (Å²) in [5, 5.41) is 3.68. The minimum atomic E-state index is 0.674. The minimum absolute atomic E-state index is 0.674. The van der Waals surface area contributed by atoms with E-state index in [2.05, 4.69) is 5.32 Å². The molecule has 0 aliphatic rings. The number of rotatable bonds is 2. The van der Waals surface area contributed by atoms with Crippen LogP contribution in [-0.2, 0) is 0 Å². The molecule has 1 aromatic rings. The van der Waals surface area contributed by atoms with E-state index in [-0.39, 0.29) is 0 Å². The molecule has 1 rings (SSSR count). The van der Waals surface area contributed by atoms with Crippen LogP contribution in [0.5, 0.6) is 0 Å². The molecule has 1 radical (unpaired) electrons. The zero-order chi connectivity index (χ0) is 9.14. The highest BCUT2D eigenvalue weighted by Gasteiger charge is 2.03. The van der Waals surface area contributed by atoms with Gasteiger partial charge in [0.05, 0.1) is 11.4 Å². The average molecular weight is 181 g/mol. The van der Waals surface area contributed by atoms with Gasteiger partial charge < -0.3 is 11.1 Å². The first-order valence-electron chi connectivity index (χ1n) is 3.75. The molecule has 4 heteroatoms. The highest BCUT2D eigenvalue weighted by atomic mass is 35.5. The molecule has 0 atom stereocenters. The van der Waals surface area contributed by atoms with Gasteiger partial charge in [0.2, 0.25) is 0 Å². The van der Waals surface area contributed by atoms with Gasteiger partial charge in [0.15, 0.2) is 0 Å². The standard InChI is InChI=1S/C8H11BClN2/c1-9-5-3-8(12-2)7(11)4-6(5)10/h3-4,12H,11H2,1-2H3. The highest BCUT2D eigenvalue weighted by molar-refractivity contribution is 6.57. The predicted octanol–water partition coefficient (Wildman–Crippen LogP) is 1.34. The van der Waals surface area contributed by atoms with Gasteiger partial charge in [-0.2, -0.15) is 0 Å². The van der Waals surface area contributed by atoms with Crippen molar-refractivity contribution in [3.63, 3.8) is 0 Å². The largest absolute Gasteiger partial charge is 0.397 e. The van der Waals surface area contributed by atoms with Gasteiger partial charge in [-0.05, 0) is 12.1 Å². The van der Waals surface area contributed by atoms with Crippen LogP contribution in [0.1, 0.15) is 0 Å². The fourth-order valence-electron chi connectivity index (χ4n) is 1.04. The fourth-order valence-corrected chi connectivity index (χ4v) is 1.32. The van der Waals surface area contributed by atoms with E-state index in [1.807, 2.05) is 27.2 Å². The molecule has 0 spiro atoms. The van der Waals surface area contributed by atoms with E-state index in [4.69, 9.17) is 17.3 Å². The summed E-state index contributed by atoms with van der Waals surface area (Å²) in [5.41, 5.74) is 8.27. The third kappa shape index (κ3) is 1.67. The Morgan fingerprint density at radius 1 is 1.50 bits per heavy atom. The zero-order valence-electron chi connectivity index (χ0n) is 7.19. The molecular weight excluding hydrogens is 170 g/mol. The monoisotopic (exact) mass is 181 g/mol. The van der Waals surface area contributed by atoms with Crippen LogP contribution in [-0.4, -0.2) is 14.3 Å². The van der Waals surface area contributed by atoms with E-state index < -0.39 is 0 Å². The lowest BCUT2D eigenvalue weighted by atomic mass is 9.73. The third-order valence-corrected chi connectivity index (χ3v) is 2.08. The van der Waals surface area contributed by atoms with E-state index in [9.17, 15) is 0 Å². The van der Waals surface area contributed by atoms with Gasteiger partial charge in [-0.3, -0.25) is 0 Å². The maximum atomic E-state index is 5.92. The quantitative estimate of drug-likeness (QED) is 0.534. The molecule has 1 aromatic carbocycles. The van der Waals surface area contributed by atoms with Crippen LogP contribution in [0.2, 0.25) is 11.8 Å². The molecule has 0 aromatic heterocycles. The molecule has 0 fully saturated rings. The summed E-state index contributed by atoms with van der Waals surface area (Å²) in [5.74, 6) is 0. The van der Waals surface area contributed by atoms with Crippen molar-refractivity contribution in [1.29, 1.82) is 0 Å². The van der Waals surface area contributed by atoms with Crippen molar-refractivity contribution in [3.05, 3.63) is 17.2 Å². The summed E-state index contributed by atoms with van der Waals surface area (Å²) in [6.07, 6.45) is 0. The van der Waals surface area contributed by atoms with Crippen molar-refractivity contribution in [2.45, 2.75) is 6.82 Å². The van der Waals surface area contributed by atoms with Crippen molar-refractivity contribution in [2.24, 2.45) is 0 Å². The van der Waals surface area contributed by atoms with Gasteiger partial charge in [-0.1, -0.05) is 23.9 Å². The Hall–Kier alpha value is -0.825. The number of halogens is 1. The smallest absolute Gasteiger partial charge is 0.150 e. The lowest BCUT2D eigenvalue weighted by Crippen LogP contribution is -2.14. The Morgan fingerprint density at radius 2 is 2.17 bits per heavy atom. The van der Waals surface area contributed by atoms with E-state index >= 15 is 0 Å². The number of hydrogen-bond acceptors (Lipinski definition) is 2. The van der Waals surface area contributed by atoms with Gasteiger partial charge in [0.1, 0.15) is 7.28 Å². The van der Waals surface area contributed by atoms with Crippen LogP contribution in [0, 0.1) is 0 Å². The second-order valence-corrected chi connectivity index (χ2v) is 2.91. The Morgan fingerprint density at radius 3 is 2.67 bits per heavy atom. The summed E-state index contributed by atoms with van der Waals surface area (Å²) in [6.45, 7) is 1.94. The number of hydrogen-bond donors (Lipinski definition) is 2. The molecular formula is C8H11BClN2. The summed E-state index contributed by atoms with van der Waals surface area (Å²) in [4.78, 5) is 0. The van der Waals surface area contributed by atoms with E-state index in [1.54, 1.807) is 6.07 Å². The van der Waals surface area contributed by atoms with Gasteiger partial charge >= 0.3 is 0 Å². The normalized spacial score (nSPS) is 9.58. The minimum Gasteiger partial charge on any atom is -0.397 e. The Bertz CT molecular complexity index is 263. The molecule has 0 heterocycles. The zero-order valence-corrected chi connectivity index (χ0v) is 7.94. The second kappa shape index (κ2) is 3.72. The summed E-state index contributed by atoms with van der Waals surface area (Å²) >= 11 is 5.92. The number of nitrogens with one attached hydrogen (secondary N) is 1. The van der Waals surface area contributed by atoms with Crippen LogP contribution in [0.4, 0.5) is 11.4 Å². The fraction of sp³-hybridized carbons (Fsp3) is 0.250. The van der Waals surface area contributed by atoms with Crippen molar-refractivity contribution in [1.82, 2.24) is 0 Å². The molecule has 0 aliphatic carbocycles. The Balaban J connectivity index is 3.18. The van der Waals surface area contributed by atoms with Crippen LogP contribution in [0.15, 0.2) is 12.1 Å². The summed E-state index contributed by atoms with van der Waals surface area (Å²) in [6, 6.07) is 3.68. The molecule has 0 saturated carbocycles. The molecule has 0 unspecified atom stereocenters. The van der Waals surface area contributed by atoms with Crippen LogP contribution >= 0.6 is 11.6 Å². The maximum absolute atomic E-state index is 5.92. The second-order valence-electron chi connectivity index (χ2n) is 2.50. The molecule has 12 heavy (non-hydrogen) atoms. The first kappa shape index (κ1) is 9.26. The lowest BCUT2D eigenvalue weighted by molar-refractivity contribution is 1.52. The molecule has 63 valence electrons. The highest BCUT2D eigenvalue weighted by Crippen LogP contribution is 2.20. The topological polar surface area (TPSA) is 38.0 Å². The summed E-state index contributed by atoms with van der Waals surface area (Å²) < 4.78 is 0. The third-order valence-electron chi connectivity index (χ3n) is 1.75. The van der Waals surface area contributed by atoms with Crippen molar-refractivity contribution >= 4 is 35.7 Å². The lowest BCUT2D eigenvalue weighted by Gasteiger charge is -2.08. The van der Waals surface area contributed by atoms with Gasteiger partial charge in [0.25, 0.3) is 0 Å². The van der Waals surface area contributed by atoms with Crippen LogP contribution in [0.25, 0.3) is 0 Å². The number of nitrogens with two attached hydrogens (primary N) is 1. The van der Waals surface area contributed by atoms with E-state index in [0.717, 1.165) is 11.2 Å². The first-order chi connectivity index (χ1) is 5.69. The van der Waals surface area contributed by atoms with E-state index in [1.165, 1.54) is 0 Å². The van der Waals surface area contributed by atoms with Crippen LogP contribution < -0.4 is 16.5 Å². The Kier molecular flexibility index (Phi) is 2.87. The van der Waals surface area contributed by atoms with Crippen molar-refractivity contribution in [3.8, 4) is 0 Å². The Labute approximate surface area is 78.3 Å². The maximum Gasteiger partial charge on any atom is 0.150 e. The number of benzene rings is 1. The number of nitrogen functional groups attached to an aromatic ring is 1. The molecule has 2 nitrogen and oxygen atoms in total. The van der Waals surface area contributed by atoms with Crippen LogP contribution in [0.3, 0.4) is 0 Å². The van der Waals surface area contributed by atoms with Gasteiger partial charge in [-0.15, -0.1) is 0 Å². The molecule has 0 amide bonds. The van der Waals surface area contributed by atoms with Gasteiger partial charge in [-0.25, -0.2) is 0 Å². The van der Waals surface area contributed by atoms with Gasteiger partial charge in [0, 0.05) is 12.1 Å².